The summed E-state index contributed by atoms with van der Waals surface area (Å²) < 4.78 is 7.50. The second-order valence-corrected chi connectivity index (χ2v) is 9.74. The number of benzene rings is 1. The Balaban J connectivity index is 1.32. The first-order valence-corrected chi connectivity index (χ1v) is 13.2. The highest BCUT2D eigenvalue weighted by molar-refractivity contribution is 5.94. The van der Waals surface area contributed by atoms with Crippen molar-refractivity contribution in [3.8, 4) is 17.3 Å². The van der Waals surface area contributed by atoms with Gasteiger partial charge in [0, 0.05) is 49.9 Å². The maximum absolute atomic E-state index is 13.7. The molecule has 1 aliphatic rings. The first-order valence-electron chi connectivity index (χ1n) is 13.2. The Bertz CT molecular complexity index is 1680. The SMILES string of the molecule is O=C(NCc1c(-c2ncco2)n(-c2ccccc2)c2ncccc2c1=O)c1ccc(N2CCC(CO)CC2)nc1. The lowest BCUT2D eigenvalue weighted by molar-refractivity contribution is 0.0950. The highest BCUT2D eigenvalue weighted by Crippen LogP contribution is 2.28. The van der Waals surface area contributed by atoms with Crippen LogP contribution in [0.3, 0.4) is 0 Å². The first kappa shape index (κ1) is 25.4. The van der Waals surface area contributed by atoms with E-state index in [1.54, 1.807) is 30.6 Å². The van der Waals surface area contributed by atoms with Gasteiger partial charge in [0.25, 0.3) is 5.91 Å². The molecule has 10 heteroatoms. The van der Waals surface area contributed by atoms with Gasteiger partial charge in [-0.2, -0.15) is 0 Å². The number of anilines is 1. The lowest BCUT2D eigenvalue weighted by Gasteiger charge is -2.31. The van der Waals surface area contributed by atoms with Gasteiger partial charge in [-0.25, -0.2) is 15.0 Å². The van der Waals surface area contributed by atoms with E-state index in [0.29, 0.717) is 33.8 Å². The number of para-hydroxylation sites is 1. The van der Waals surface area contributed by atoms with E-state index >= 15 is 0 Å². The molecule has 1 fully saturated rings. The van der Waals surface area contributed by atoms with Crippen LogP contribution in [0, 0.1) is 5.92 Å². The quantitative estimate of drug-likeness (QED) is 0.323. The number of carbonyl (C=O) groups excluding carboxylic acids is 1. The number of amides is 1. The number of pyridine rings is 3. The van der Waals surface area contributed by atoms with E-state index in [-0.39, 0.29) is 30.4 Å². The maximum atomic E-state index is 13.7. The molecule has 40 heavy (non-hydrogen) atoms. The van der Waals surface area contributed by atoms with Crippen molar-refractivity contribution in [2.45, 2.75) is 19.4 Å². The van der Waals surface area contributed by atoms with Crippen molar-refractivity contribution in [1.29, 1.82) is 0 Å². The van der Waals surface area contributed by atoms with E-state index in [9.17, 15) is 14.7 Å². The fourth-order valence-corrected chi connectivity index (χ4v) is 5.14. The molecule has 6 rings (SSSR count). The monoisotopic (exact) mass is 536 g/mol. The van der Waals surface area contributed by atoms with Gasteiger partial charge in [0.1, 0.15) is 23.4 Å². The molecule has 5 heterocycles. The minimum Gasteiger partial charge on any atom is -0.443 e. The van der Waals surface area contributed by atoms with E-state index in [1.807, 2.05) is 41.0 Å². The number of nitrogens with one attached hydrogen (secondary N) is 1. The minimum atomic E-state index is -0.353. The molecule has 0 aliphatic carbocycles. The fraction of sp³-hybridized carbons (Fsp3) is 0.233. The Morgan fingerprint density at radius 2 is 1.82 bits per heavy atom. The molecule has 2 N–H and O–H groups in total. The lowest BCUT2D eigenvalue weighted by Crippen LogP contribution is -2.35. The van der Waals surface area contributed by atoms with Crippen LogP contribution in [0.15, 0.2) is 88.7 Å². The minimum absolute atomic E-state index is 0.0521. The summed E-state index contributed by atoms with van der Waals surface area (Å²) in [6.07, 6.45) is 7.96. The molecular formula is C30H28N6O4. The third-order valence-corrected chi connectivity index (χ3v) is 7.31. The fourth-order valence-electron chi connectivity index (χ4n) is 5.14. The second kappa shape index (κ2) is 11.1. The predicted octanol–water partition coefficient (Wildman–Crippen LogP) is 3.57. The van der Waals surface area contributed by atoms with Gasteiger partial charge < -0.3 is 19.7 Å². The Labute approximate surface area is 230 Å². The molecule has 1 aliphatic heterocycles. The number of aliphatic hydroxyl groups excluding tert-OH is 1. The van der Waals surface area contributed by atoms with Gasteiger partial charge in [-0.1, -0.05) is 18.2 Å². The zero-order valence-corrected chi connectivity index (χ0v) is 21.7. The zero-order valence-electron chi connectivity index (χ0n) is 21.7. The van der Waals surface area contributed by atoms with Crippen LogP contribution >= 0.6 is 0 Å². The van der Waals surface area contributed by atoms with Crippen molar-refractivity contribution in [1.82, 2.24) is 24.8 Å². The van der Waals surface area contributed by atoms with Crippen LogP contribution < -0.4 is 15.6 Å². The van der Waals surface area contributed by atoms with Crippen molar-refractivity contribution in [3.63, 3.8) is 0 Å². The number of piperidine rings is 1. The van der Waals surface area contributed by atoms with Crippen molar-refractivity contribution in [3.05, 3.63) is 101 Å². The Hall–Kier alpha value is -4.83. The number of oxazole rings is 1. The van der Waals surface area contributed by atoms with Crippen LogP contribution in [-0.4, -0.2) is 50.2 Å². The number of aromatic nitrogens is 4. The Morgan fingerprint density at radius 1 is 1.00 bits per heavy atom. The summed E-state index contributed by atoms with van der Waals surface area (Å²) in [6.45, 7) is 1.79. The molecule has 0 atom stereocenters. The van der Waals surface area contributed by atoms with Crippen molar-refractivity contribution in [2.24, 2.45) is 5.92 Å². The Morgan fingerprint density at radius 3 is 2.52 bits per heavy atom. The molecule has 0 saturated carbocycles. The second-order valence-electron chi connectivity index (χ2n) is 9.74. The van der Waals surface area contributed by atoms with Crippen molar-refractivity contribution in [2.75, 3.05) is 24.6 Å². The summed E-state index contributed by atoms with van der Waals surface area (Å²) in [6, 6.07) is 16.5. The van der Waals surface area contributed by atoms with E-state index < -0.39 is 0 Å². The zero-order chi connectivity index (χ0) is 27.5. The molecule has 10 nitrogen and oxygen atoms in total. The standard InChI is InChI=1S/C30H28N6O4/c37-19-20-10-14-35(15-11-20)25-9-8-21(17-33-25)29(39)34-18-24-26(30-32-13-16-40-30)36(22-5-2-1-3-6-22)28-23(27(24)38)7-4-12-31-28/h1-9,12-13,16-17,20,37H,10-11,14-15,18-19H2,(H,34,39). The molecule has 0 radical (unpaired) electrons. The topological polar surface area (TPSA) is 126 Å². The number of nitrogens with zero attached hydrogens (tertiary/aromatic N) is 5. The number of aliphatic hydroxyl groups is 1. The molecule has 202 valence electrons. The molecule has 0 bridgehead atoms. The van der Waals surface area contributed by atoms with Crippen LogP contribution in [0.5, 0.6) is 0 Å². The summed E-state index contributed by atoms with van der Waals surface area (Å²) in [5.41, 5.74) is 2.12. The summed E-state index contributed by atoms with van der Waals surface area (Å²) in [5.74, 6) is 1.02. The third kappa shape index (κ3) is 4.85. The third-order valence-electron chi connectivity index (χ3n) is 7.31. The normalized spacial score (nSPS) is 14.0. The van der Waals surface area contributed by atoms with Crippen molar-refractivity contribution < 1.29 is 14.3 Å². The molecule has 0 unspecified atom stereocenters. The van der Waals surface area contributed by atoms with Crippen molar-refractivity contribution >= 4 is 22.8 Å². The van der Waals surface area contributed by atoms with Crippen LogP contribution in [0.25, 0.3) is 28.3 Å². The van der Waals surface area contributed by atoms with Gasteiger partial charge in [-0.05, 0) is 55.2 Å². The molecule has 1 amide bonds. The number of carbonyl (C=O) groups is 1. The summed E-state index contributed by atoms with van der Waals surface area (Å²) in [4.78, 5) is 42.4. The predicted molar refractivity (Wildman–Crippen MR) is 150 cm³/mol. The number of fused-ring (bicyclic) bond motifs is 1. The van der Waals surface area contributed by atoms with Crippen LogP contribution in [0.4, 0.5) is 5.82 Å². The summed E-state index contributed by atoms with van der Waals surface area (Å²) in [5, 5.41) is 12.7. The van der Waals surface area contributed by atoms with Gasteiger partial charge in [-0.15, -0.1) is 0 Å². The number of hydrogen-bond donors (Lipinski definition) is 2. The van der Waals surface area contributed by atoms with E-state index in [1.165, 1.54) is 12.5 Å². The highest BCUT2D eigenvalue weighted by Gasteiger charge is 2.24. The highest BCUT2D eigenvalue weighted by atomic mass is 16.3. The van der Waals surface area contributed by atoms with E-state index in [2.05, 4.69) is 25.2 Å². The average Bonchev–Trinajstić information content (AvgIpc) is 3.56. The van der Waals surface area contributed by atoms with Crippen LogP contribution in [0.1, 0.15) is 28.8 Å². The average molecular weight is 537 g/mol. The van der Waals surface area contributed by atoms with Gasteiger partial charge in [0.2, 0.25) is 5.89 Å². The molecule has 1 aromatic carbocycles. The van der Waals surface area contributed by atoms with Gasteiger partial charge in [0.15, 0.2) is 5.43 Å². The van der Waals surface area contributed by atoms with Gasteiger partial charge in [0.05, 0.1) is 17.1 Å². The largest absolute Gasteiger partial charge is 0.443 e. The number of rotatable bonds is 7. The molecule has 1 saturated heterocycles. The van der Waals surface area contributed by atoms with E-state index in [4.69, 9.17) is 4.42 Å². The van der Waals surface area contributed by atoms with Gasteiger partial charge in [-0.3, -0.25) is 14.2 Å². The summed E-state index contributed by atoms with van der Waals surface area (Å²) in [7, 11) is 0. The molecular weight excluding hydrogens is 508 g/mol. The molecule has 4 aromatic heterocycles. The number of hydrogen-bond acceptors (Lipinski definition) is 8. The molecule has 5 aromatic rings. The lowest BCUT2D eigenvalue weighted by atomic mass is 9.98. The Kier molecular flexibility index (Phi) is 7.07. The smallest absolute Gasteiger partial charge is 0.253 e. The maximum Gasteiger partial charge on any atom is 0.253 e. The first-order chi connectivity index (χ1) is 19.6. The van der Waals surface area contributed by atoms with Gasteiger partial charge >= 0.3 is 0 Å². The summed E-state index contributed by atoms with van der Waals surface area (Å²) >= 11 is 0. The van der Waals surface area contributed by atoms with Crippen LogP contribution in [0.2, 0.25) is 0 Å². The molecule has 0 spiro atoms. The van der Waals surface area contributed by atoms with Crippen LogP contribution in [-0.2, 0) is 6.54 Å². The van der Waals surface area contributed by atoms with E-state index in [0.717, 1.165) is 37.4 Å².